The van der Waals surface area contributed by atoms with Gasteiger partial charge < -0.3 is 10.4 Å². The molecule has 28 heavy (non-hydrogen) atoms. The van der Waals surface area contributed by atoms with Gasteiger partial charge in [0.25, 0.3) is 10.0 Å². The van der Waals surface area contributed by atoms with Crippen LogP contribution in [0.15, 0.2) is 58.3 Å². The fraction of sp³-hybridized carbons (Fsp3) is 0.235. The molecule has 0 bridgehead atoms. The molecule has 0 atom stereocenters. The maximum Gasteiger partial charge on any atom is 0.261 e. The third-order valence-electron chi connectivity index (χ3n) is 3.89. The number of nitrogens with one attached hydrogen (secondary N) is 3. The molecule has 0 spiro atoms. The second-order valence-corrected chi connectivity index (χ2v) is 9.66. The second kappa shape index (κ2) is 7.87. The number of hydrogen-bond acceptors (Lipinski definition) is 6. The lowest BCUT2D eigenvalue weighted by molar-refractivity contribution is -0.118. The largest absolute Gasteiger partial charge is 0.387 e. The molecule has 1 saturated carbocycles. The first-order valence-electron chi connectivity index (χ1n) is 8.35. The Morgan fingerprint density at radius 1 is 0.929 bits per heavy atom. The third kappa shape index (κ3) is 5.07. The number of aliphatic hydroxyl groups is 1. The van der Waals surface area contributed by atoms with Gasteiger partial charge in [0, 0.05) is 11.7 Å². The standard InChI is InChI=1S/C17H19N3O6S2/c21-11-17(22)18-13-2-1-3-14(10-13)20-28(25,26)16-8-6-15(7-9-16)27(23,24)19-12-4-5-12/h1-3,6-10,12,19-21H,4-5,11H2,(H,18,22). The van der Waals surface area contributed by atoms with Crippen molar-refractivity contribution in [2.45, 2.75) is 28.7 Å². The number of rotatable bonds is 8. The fourth-order valence-corrected chi connectivity index (χ4v) is 4.72. The van der Waals surface area contributed by atoms with E-state index in [2.05, 4.69) is 14.8 Å². The molecule has 0 heterocycles. The van der Waals surface area contributed by atoms with Crippen LogP contribution in [0.2, 0.25) is 0 Å². The first-order valence-corrected chi connectivity index (χ1v) is 11.3. The molecule has 3 rings (SSSR count). The van der Waals surface area contributed by atoms with E-state index in [1.807, 2.05) is 0 Å². The van der Waals surface area contributed by atoms with Crippen molar-refractivity contribution in [3.63, 3.8) is 0 Å². The third-order valence-corrected chi connectivity index (χ3v) is 6.82. The lowest BCUT2D eigenvalue weighted by atomic mass is 10.3. The molecule has 9 nitrogen and oxygen atoms in total. The highest BCUT2D eigenvalue weighted by atomic mass is 32.2. The van der Waals surface area contributed by atoms with Crippen LogP contribution in [0.1, 0.15) is 12.8 Å². The van der Waals surface area contributed by atoms with Gasteiger partial charge >= 0.3 is 0 Å². The molecule has 0 unspecified atom stereocenters. The molecule has 4 N–H and O–H groups in total. The summed E-state index contributed by atoms with van der Waals surface area (Å²) in [6.07, 6.45) is 1.60. The van der Waals surface area contributed by atoms with Crippen molar-refractivity contribution in [2.75, 3.05) is 16.6 Å². The van der Waals surface area contributed by atoms with Crippen LogP contribution in [0.5, 0.6) is 0 Å². The molecule has 1 fully saturated rings. The number of carbonyl (C=O) groups is 1. The summed E-state index contributed by atoms with van der Waals surface area (Å²) in [5.41, 5.74) is 0.509. The second-order valence-electron chi connectivity index (χ2n) is 6.26. The Morgan fingerprint density at radius 2 is 1.50 bits per heavy atom. The number of hydrogen-bond donors (Lipinski definition) is 4. The number of sulfonamides is 2. The lowest BCUT2D eigenvalue weighted by Crippen LogP contribution is -2.25. The molecule has 1 aliphatic carbocycles. The van der Waals surface area contributed by atoms with Gasteiger partial charge in [0.15, 0.2) is 0 Å². The highest BCUT2D eigenvalue weighted by Crippen LogP contribution is 2.24. The van der Waals surface area contributed by atoms with Crippen LogP contribution < -0.4 is 14.8 Å². The Kier molecular flexibility index (Phi) is 5.70. The van der Waals surface area contributed by atoms with Gasteiger partial charge in [0.05, 0.1) is 15.5 Å². The van der Waals surface area contributed by atoms with Crippen molar-refractivity contribution in [3.8, 4) is 0 Å². The predicted molar refractivity (Wildman–Crippen MR) is 103 cm³/mol. The summed E-state index contributed by atoms with van der Waals surface area (Å²) in [4.78, 5) is 11.1. The molecule has 0 aliphatic heterocycles. The molecule has 0 radical (unpaired) electrons. The van der Waals surface area contributed by atoms with E-state index in [1.165, 1.54) is 48.5 Å². The van der Waals surface area contributed by atoms with Crippen molar-refractivity contribution in [1.82, 2.24) is 4.72 Å². The summed E-state index contributed by atoms with van der Waals surface area (Å²) in [5, 5.41) is 11.2. The van der Waals surface area contributed by atoms with Crippen molar-refractivity contribution < 1.29 is 26.7 Å². The summed E-state index contributed by atoms with van der Waals surface area (Å²) in [5.74, 6) is -0.628. The first-order chi connectivity index (χ1) is 13.2. The number of anilines is 2. The van der Waals surface area contributed by atoms with Gasteiger partial charge in [-0.05, 0) is 55.3 Å². The summed E-state index contributed by atoms with van der Waals surface area (Å²) in [7, 11) is -7.63. The SMILES string of the molecule is O=C(CO)Nc1cccc(NS(=O)(=O)c2ccc(S(=O)(=O)NC3CC3)cc2)c1. The summed E-state index contributed by atoms with van der Waals surface area (Å²) in [6.45, 7) is -0.694. The minimum atomic E-state index is -3.96. The minimum absolute atomic E-state index is 0.00735. The van der Waals surface area contributed by atoms with E-state index in [4.69, 9.17) is 5.11 Å². The van der Waals surface area contributed by atoms with E-state index in [0.717, 1.165) is 12.8 Å². The zero-order valence-electron chi connectivity index (χ0n) is 14.6. The van der Waals surface area contributed by atoms with Crippen molar-refractivity contribution >= 4 is 37.3 Å². The lowest BCUT2D eigenvalue weighted by Gasteiger charge is -2.11. The average Bonchev–Trinajstić information content (AvgIpc) is 3.45. The quantitative estimate of drug-likeness (QED) is 0.494. The molecule has 2 aromatic rings. The van der Waals surface area contributed by atoms with Gasteiger partial charge in [0.2, 0.25) is 15.9 Å². The number of aliphatic hydroxyl groups excluding tert-OH is 1. The van der Waals surface area contributed by atoms with Gasteiger partial charge in [-0.15, -0.1) is 0 Å². The smallest absolute Gasteiger partial charge is 0.261 e. The average molecular weight is 425 g/mol. The topological polar surface area (TPSA) is 142 Å². The molecular weight excluding hydrogens is 406 g/mol. The maximum absolute atomic E-state index is 12.5. The summed E-state index contributed by atoms with van der Waals surface area (Å²) in [6, 6.07) is 10.8. The van der Waals surface area contributed by atoms with Crippen molar-refractivity contribution in [3.05, 3.63) is 48.5 Å². The van der Waals surface area contributed by atoms with Crippen LogP contribution in [0, 0.1) is 0 Å². The fourth-order valence-electron chi connectivity index (χ4n) is 2.36. The molecular formula is C17H19N3O6S2. The highest BCUT2D eigenvalue weighted by Gasteiger charge is 2.28. The molecule has 0 saturated heterocycles. The number of benzene rings is 2. The van der Waals surface area contributed by atoms with Crippen LogP contribution in [0.3, 0.4) is 0 Å². The van der Waals surface area contributed by atoms with Gasteiger partial charge in [0.1, 0.15) is 6.61 Å². The Labute approximate surface area is 162 Å². The summed E-state index contributed by atoms with van der Waals surface area (Å²) >= 11 is 0. The molecule has 150 valence electrons. The zero-order chi connectivity index (χ0) is 20.4. The van der Waals surface area contributed by atoms with Crippen molar-refractivity contribution in [2.24, 2.45) is 0 Å². The van der Waals surface area contributed by atoms with E-state index >= 15 is 0 Å². The Bertz CT molecular complexity index is 1080. The van der Waals surface area contributed by atoms with E-state index < -0.39 is 32.6 Å². The predicted octanol–water partition coefficient (Wildman–Crippen LogP) is 0.859. The molecule has 1 amide bonds. The minimum Gasteiger partial charge on any atom is -0.387 e. The van der Waals surface area contributed by atoms with Crippen LogP contribution in [0.4, 0.5) is 11.4 Å². The first kappa shape index (κ1) is 20.3. The molecule has 0 aromatic heterocycles. The zero-order valence-corrected chi connectivity index (χ0v) is 16.3. The maximum atomic E-state index is 12.5. The highest BCUT2D eigenvalue weighted by molar-refractivity contribution is 7.92. The normalized spacial score (nSPS) is 14.5. The van der Waals surface area contributed by atoms with Crippen molar-refractivity contribution in [1.29, 1.82) is 0 Å². The molecule has 11 heteroatoms. The number of carbonyl (C=O) groups excluding carboxylic acids is 1. The Balaban J connectivity index is 1.76. The molecule has 2 aromatic carbocycles. The summed E-state index contributed by atoms with van der Waals surface area (Å²) < 4.78 is 54.3. The van der Waals surface area contributed by atoms with Crippen LogP contribution >= 0.6 is 0 Å². The van der Waals surface area contributed by atoms with E-state index in [0.29, 0.717) is 5.69 Å². The van der Waals surface area contributed by atoms with E-state index in [-0.39, 0.29) is 21.5 Å². The van der Waals surface area contributed by atoms with Gasteiger partial charge in [-0.3, -0.25) is 9.52 Å². The number of amides is 1. The van der Waals surface area contributed by atoms with E-state index in [1.54, 1.807) is 0 Å². The van der Waals surface area contributed by atoms with E-state index in [9.17, 15) is 21.6 Å². The van der Waals surface area contributed by atoms with Gasteiger partial charge in [-0.1, -0.05) is 6.07 Å². The Hall–Kier alpha value is -2.47. The van der Waals surface area contributed by atoms with Crippen LogP contribution in [-0.2, 0) is 24.8 Å². The Morgan fingerprint density at radius 3 is 2.07 bits per heavy atom. The monoisotopic (exact) mass is 425 g/mol. The van der Waals surface area contributed by atoms with Crippen LogP contribution in [0.25, 0.3) is 0 Å². The molecule has 1 aliphatic rings. The van der Waals surface area contributed by atoms with Gasteiger partial charge in [-0.25, -0.2) is 21.6 Å². The van der Waals surface area contributed by atoms with Crippen LogP contribution in [-0.4, -0.2) is 40.5 Å². The van der Waals surface area contributed by atoms with Gasteiger partial charge in [-0.2, -0.15) is 0 Å².